The van der Waals surface area contributed by atoms with Gasteiger partial charge in [0.25, 0.3) is 5.91 Å². The van der Waals surface area contributed by atoms with E-state index in [1.165, 1.54) is 6.26 Å². The van der Waals surface area contributed by atoms with E-state index < -0.39 is 18.1 Å². The van der Waals surface area contributed by atoms with Crippen LogP contribution in [0.4, 0.5) is 0 Å². The molecular formula is C15H22N2O4. The van der Waals surface area contributed by atoms with Crippen LogP contribution in [0.5, 0.6) is 0 Å². The fourth-order valence-electron chi connectivity index (χ4n) is 2.75. The van der Waals surface area contributed by atoms with Crippen molar-refractivity contribution in [3.63, 3.8) is 0 Å². The Kier molecular flexibility index (Phi) is 5.01. The third-order valence-electron chi connectivity index (χ3n) is 4.00. The van der Waals surface area contributed by atoms with Gasteiger partial charge in [0, 0.05) is 7.05 Å². The van der Waals surface area contributed by atoms with E-state index in [4.69, 9.17) is 4.42 Å². The molecule has 0 spiro atoms. The average molecular weight is 294 g/mol. The summed E-state index contributed by atoms with van der Waals surface area (Å²) < 4.78 is 4.99. The van der Waals surface area contributed by atoms with Crippen molar-refractivity contribution >= 4 is 11.8 Å². The minimum absolute atomic E-state index is 0.172. The van der Waals surface area contributed by atoms with E-state index in [0.717, 1.165) is 25.7 Å². The Morgan fingerprint density at radius 3 is 2.76 bits per heavy atom. The molecular weight excluding hydrogens is 272 g/mol. The summed E-state index contributed by atoms with van der Waals surface area (Å²) in [6, 6.07) is 2.32. The predicted octanol–water partition coefficient (Wildman–Crippen LogP) is 1.16. The van der Waals surface area contributed by atoms with Gasteiger partial charge in [-0.05, 0) is 31.9 Å². The lowest BCUT2D eigenvalue weighted by Gasteiger charge is -2.36. The summed E-state index contributed by atoms with van der Waals surface area (Å²) >= 11 is 0. The molecule has 116 valence electrons. The van der Waals surface area contributed by atoms with Crippen LogP contribution in [0.1, 0.15) is 43.2 Å². The number of hydrogen-bond donors (Lipinski definition) is 2. The van der Waals surface area contributed by atoms with Crippen molar-refractivity contribution in [3.8, 4) is 0 Å². The average Bonchev–Trinajstić information content (AvgIpc) is 3.00. The smallest absolute Gasteiger partial charge is 0.287 e. The minimum Gasteiger partial charge on any atom is -0.459 e. The molecule has 3 unspecified atom stereocenters. The summed E-state index contributed by atoms with van der Waals surface area (Å²) in [5, 5.41) is 12.6. The monoisotopic (exact) mass is 294 g/mol. The standard InChI is InChI=1S/C15H22N2O4/c1-10(16-14(19)13-8-5-9-21-13)15(20)17(2)11-6-3-4-7-12(11)18/h5,8-12,18H,3-4,6-7H2,1-2H3,(H,16,19). The molecule has 0 bridgehead atoms. The number of hydrogen-bond acceptors (Lipinski definition) is 4. The molecule has 1 aromatic heterocycles. The fraction of sp³-hybridized carbons (Fsp3) is 0.600. The normalized spacial score (nSPS) is 23.4. The van der Waals surface area contributed by atoms with Crippen LogP contribution < -0.4 is 5.32 Å². The summed E-state index contributed by atoms with van der Waals surface area (Å²) in [7, 11) is 1.68. The van der Waals surface area contributed by atoms with Crippen LogP contribution in [0.25, 0.3) is 0 Å². The second-order valence-corrected chi connectivity index (χ2v) is 5.54. The van der Waals surface area contributed by atoms with Gasteiger partial charge >= 0.3 is 0 Å². The highest BCUT2D eigenvalue weighted by Gasteiger charge is 2.31. The van der Waals surface area contributed by atoms with Crippen LogP contribution in [0.3, 0.4) is 0 Å². The van der Waals surface area contributed by atoms with Crippen LogP contribution in [-0.4, -0.2) is 47.1 Å². The molecule has 2 rings (SSSR count). The number of aliphatic hydroxyl groups excluding tert-OH is 1. The van der Waals surface area contributed by atoms with Crippen molar-refractivity contribution in [2.24, 2.45) is 0 Å². The molecule has 6 heteroatoms. The number of carbonyl (C=O) groups excluding carboxylic acids is 2. The van der Waals surface area contributed by atoms with E-state index in [1.54, 1.807) is 31.0 Å². The van der Waals surface area contributed by atoms with E-state index in [2.05, 4.69) is 5.32 Å². The van der Waals surface area contributed by atoms with Gasteiger partial charge in [0.15, 0.2) is 5.76 Å². The highest BCUT2D eigenvalue weighted by atomic mass is 16.3. The van der Waals surface area contributed by atoms with E-state index in [0.29, 0.717) is 0 Å². The summed E-state index contributed by atoms with van der Waals surface area (Å²) in [5.74, 6) is -0.450. The lowest BCUT2D eigenvalue weighted by molar-refractivity contribution is -0.137. The summed E-state index contributed by atoms with van der Waals surface area (Å²) in [5.41, 5.74) is 0. The zero-order valence-electron chi connectivity index (χ0n) is 12.4. The Balaban J connectivity index is 1.93. The Hall–Kier alpha value is -1.82. The van der Waals surface area contributed by atoms with E-state index in [9.17, 15) is 14.7 Å². The highest BCUT2D eigenvalue weighted by molar-refractivity contribution is 5.95. The highest BCUT2D eigenvalue weighted by Crippen LogP contribution is 2.22. The molecule has 0 radical (unpaired) electrons. The Labute approximate surface area is 124 Å². The van der Waals surface area contributed by atoms with Crippen molar-refractivity contribution in [1.29, 1.82) is 0 Å². The first kappa shape index (κ1) is 15.6. The van der Waals surface area contributed by atoms with Gasteiger partial charge in [-0.3, -0.25) is 9.59 Å². The number of likely N-dealkylation sites (N-methyl/N-ethyl adjacent to an activating group) is 1. The second kappa shape index (κ2) is 6.76. The summed E-state index contributed by atoms with van der Waals surface area (Å²) in [6.07, 6.45) is 4.43. The molecule has 6 nitrogen and oxygen atoms in total. The minimum atomic E-state index is -0.665. The van der Waals surface area contributed by atoms with Gasteiger partial charge in [0.1, 0.15) is 6.04 Å². The topological polar surface area (TPSA) is 82.8 Å². The SMILES string of the molecule is CC(NC(=O)c1ccco1)C(=O)N(C)C1CCCCC1O. The fourth-order valence-corrected chi connectivity index (χ4v) is 2.75. The van der Waals surface area contributed by atoms with Crippen LogP contribution in [0.2, 0.25) is 0 Å². The van der Waals surface area contributed by atoms with Gasteiger partial charge in [0.2, 0.25) is 5.91 Å². The summed E-state index contributed by atoms with van der Waals surface area (Å²) in [6.45, 7) is 1.63. The van der Waals surface area contributed by atoms with Crippen LogP contribution in [0, 0.1) is 0 Å². The van der Waals surface area contributed by atoms with Crippen molar-refractivity contribution in [3.05, 3.63) is 24.2 Å². The van der Waals surface area contributed by atoms with Crippen molar-refractivity contribution in [2.45, 2.75) is 50.8 Å². The Morgan fingerprint density at radius 1 is 1.43 bits per heavy atom. The number of rotatable bonds is 4. The van der Waals surface area contributed by atoms with Gasteiger partial charge in [-0.2, -0.15) is 0 Å². The molecule has 3 atom stereocenters. The molecule has 1 heterocycles. The maximum absolute atomic E-state index is 12.4. The molecule has 1 aliphatic carbocycles. The van der Waals surface area contributed by atoms with E-state index >= 15 is 0 Å². The van der Waals surface area contributed by atoms with Crippen molar-refractivity contribution < 1.29 is 19.1 Å². The molecule has 0 aromatic carbocycles. The second-order valence-electron chi connectivity index (χ2n) is 5.54. The molecule has 1 aliphatic rings. The largest absolute Gasteiger partial charge is 0.459 e. The lowest BCUT2D eigenvalue weighted by atomic mass is 9.91. The quantitative estimate of drug-likeness (QED) is 0.873. The van der Waals surface area contributed by atoms with Crippen LogP contribution in [0.15, 0.2) is 22.8 Å². The number of carbonyl (C=O) groups is 2. The molecule has 2 N–H and O–H groups in total. The van der Waals surface area contributed by atoms with E-state index in [-0.39, 0.29) is 17.7 Å². The maximum Gasteiger partial charge on any atom is 0.287 e. The lowest BCUT2D eigenvalue weighted by Crippen LogP contribution is -2.52. The Bertz CT molecular complexity index is 486. The number of nitrogens with zero attached hydrogens (tertiary/aromatic N) is 1. The van der Waals surface area contributed by atoms with Crippen LogP contribution in [-0.2, 0) is 4.79 Å². The third-order valence-corrected chi connectivity index (χ3v) is 4.00. The zero-order chi connectivity index (χ0) is 15.4. The summed E-state index contributed by atoms with van der Waals surface area (Å²) in [4.78, 5) is 25.8. The molecule has 1 fully saturated rings. The van der Waals surface area contributed by atoms with Crippen molar-refractivity contribution in [1.82, 2.24) is 10.2 Å². The van der Waals surface area contributed by atoms with Crippen LogP contribution >= 0.6 is 0 Å². The number of amides is 2. The first-order valence-electron chi connectivity index (χ1n) is 7.30. The predicted molar refractivity (Wildman–Crippen MR) is 76.7 cm³/mol. The van der Waals surface area contributed by atoms with Crippen molar-refractivity contribution in [2.75, 3.05) is 7.05 Å². The number of aliphatic hydroxyl groups is 1. The Morgan fingerprint density at radius 2 is 2.14 bits per heavy atom. The first-order valence-corrected chi connectivity index (χ1v) is 7.30. The zero-order valence-corrected chi connectivity index (χ0v) is 12.4. The van der Waals surface area contributed by atoms with Gasteiger partial charge in [-0.15, -0.1) is 0 Å². The van der Waals surface area contributed by atoms with Gasteiger partial charge in [-0.25, -0.2) is 0 Å². The molecule has 2 amide bonds. The molecule has 21 heavy (non-hydrogen) atoms. The third kappa shape index (κ3) is 3.64. The number of furan rings is 1. The molecule has 0 saturated heterocycles. The maximum atomic E-state index is 12.4. The van der Waals surface area contributed by atoms with Gasteiger partial charge < -0.3 is 19.7 Å². The first-order chi connectivity index (χ1) is 10.0. The van der Waals surface area contributed by atoms with E-state index in [1.807, 2.05) is 0 Å². The van der Waals surface area contributed by atoms with Gasteiger partial charge in [0.05, 0.1) is 18.4 Å². The number of nitrogens with one attached hydrogen (secondary N) is 1. The molecule has 1 aromatic rings. The molecule has 1 saturated carbocycles. The van der Waals surface area contributed by atoms with Gasteiger partial charge in [-0.1, -0.05) is 12.8 Å². The molecule has 0 aliphatic heterocycles.